The largest absolute Gasteiger partial charge is 0.491 e. The maximum atomic E-state index is 12.6. The first-order chi connectivity index (χ1) is 12.3. The summed E-state index contributed by atoms with van der Waals surface area (Å²) in [5, 5.41) is 11.4. The Balaban J connectivity index is 1.90. The summed E-state index contributed by atoms with van der Waals surface area (Å²) in [6, 6.07) is 9.71. The third-order valence-electron chi connectivity index (χ3n) is 3.60. The number of halogens is 3. The van der Waals surface area contributed by atoms with Crippen LogP contribution in [0.25, 0.3) is 0 Å². The lowest BCUT2D eigenvalue weighted by Crippen LogP contribution is -2.24. The van der Waals surface area contributed by atoms with Gasteiger partial charge in [0.1, 0.15) is 18.5 Å². The lowest BCUT2D eigenvalue weighted by Gasteiger charge is -2.18. The molecule has 3 nitrogen and oxygen atoms in total. The van der Waals surface area contributed by atoms with Crippen molar-refractivity contribution in [2.24, 2.45) is 0 Å². The first kappa shape index (κ1) is 20.5. The van der Waals surface area contributed by atoms with Crippen molar-refractivity contribution in [1.29, 1.82) is 0 Å². The van der Waals surface area contributed by atoms with E-state index in [1.807, 2.05) is 13.0 Å². The Kier molecular flexibility index (Phi) is 7.23. The van der Waals surface area contributed by atoms with E-state index in [2.05, 4.69) is 0 Å². The molecule has 0 aromatic heterocycles. The Morgan fingerprint density at radius 1 is 1.12 bits per heavy atom. The Bertz CT molecular complexity index is 702. The van der Waals surface area contributed by atoms with E-state index in [1.165, 1.54) is 30.0 Å². The maximum absolute atomic E-state index is 12.6. The van der Waals surface area contributed by atoms with Gasteiger partial charge < -0.3 is 9.47 Å². The normalized spacial score (nSPS) is 12.8. The topological polar surface area (TPSA) is 38.4 Å². The van der Waals surface area contributed by atoms with Gasteiger partial charge in [0, 0.05) is 17.3 Å². The van der Waals surface area contributed by atoms with Gasteiger partial charge in [0.25, 0.3) is 0 Å². The number of thioether (sulfide) groups is 1. The zero-order valence-corrected chi connectivity index (χ0v) is 15.3. The molecule has 1 radical (unpaired) electrons. The fraction of sp³-hybridized carbons (Fsp3) is 0.368. The van der Waals surface area contributed by atoms with Gasteiger partial charge in [-0.25, -0.2) is 0 Å². The summed E-state index contributed by atoms with van der Waals surface area (Å²) < 4.78 is 48.9. The molecule has 2 aromatic rings. The zero-order chi connectivity index (χ0) is 19.2. The molecule has 0 unspecified atom stereocenters. The van der Waals surface area contributed by atoms with Gasteiger partial charge >= 0.3 is 6.18 Å². The second kappa shape index (κ2) is 9.19. The van der Waals surface area contributed by atoms with Crippen LogP contribution in [0.5, 0.6) is 11.5 Å². The standard InChI is InChI=1S/C19H20F3O3S/c1-3-24-16(12-26-17-8-9-18(23)13(2)10-17)11-25-15-6-4-14(5-7-15)19(20,21)22/h4-10,16H,3,11-12H2,1-2H3/t16-/m1/s1. The van der Waals surface area contributed by atoms with Crippen LogP contribution in [0.3, 0.4) is 0 Å². The molecule has 0 fully saturated rings. The molecule has 0 saturated heterocycles. The third-order valence-corrected chi connectivity index (χ3v) is 4.73. The molecular weight excluding hydrogens is 365 g/mol. The van der Waals surface area contributed by atoms with Gasteiger partial charge in [-0.3, -0.25) is 5.11 Å². The van der Waals surface area contributed by atoms with E-state index in [-0.39, 0.29) is 18.5 Å². The highest BCUT2D eigenvalue weighted by Crippen LogP contribution is 2.30. The minimum atomic E-state index is -4.36. The van der Waals surface area contributed by atoms with Crippen molar-refractivity contribution in [1.82, 2.24) is 0 Å². The van der Waals surface area contributed by atoms with Crippen LogP contribution >= 0.6 is 11.8 Å². The highest BCUT2D eigenvalue weighted by atomic mass is 32.2. The Morgan fingerprint density at radius 2 is 1.81 bits per heavy atom. The zero-order valence-electron chi connectivity index (χ0n) is 14.5. The minimum Gasteiger partial charge on any atom is -0.491 e. The van der Waals surface area contributed by atoms with Crippen molar-refractivity contribution in [2.45, 2.75) is 31.0 Å². The predicted molar refractivity (Wildman–Crippen MR) is 94.4 cm³/mol. The first-order valence-electron chi connectivity index (χ1n) is 8.11. The molecule has 0 amide bonds. The van der Waals surface area contributed by atoms with Gasteiger partial charge in [-0.2, -0.15) is 13.2 Å². The summed E-state index contributed by atoms with van der Waals surface area (Å²) in [5.74, 6) is 0.965. The Labute approximate surface area is 155 Å². The van der Waals surface area contributed by atoms with E-state index in [4.69, 9.17) is 9.47 Å². The average Bonchev–Trinajstić information content (AvgIpc) is 2.60. The molecule has 0 heterocycles. The van der Waals surface area contributed by atoms with Crippen molar-refractivity contribution in [3.8, 4) is 11.5 Å². The fourth-order valence-electron chi connectivity index (χ4n) is 2.21. The van der Waals surface area contributed by atoms with Crippen LogP contribution in [-0.2, 0) is 16.0 Å². The molecule has 1 atom stereocenters. The fourth-order valence-corrected chi connectivity index (χ4v) is 3.21. The SMILES string of the molecule is CCO[C@H](COc1ccc(C(F)(F)F)cc1)CSc1ccc([O])c(C)c1. The maximum Gasteiger partial charge on any atom is 0.416 e. The van der Waals surface area contributed by atoms with E-state index in [0.717, 1.165) is 17.0 Å². The van der Waals surface area contributed by atoms with Crippen LogP contribution in [0.2, 0.25) is 0 Å². The van der Waals surface area contributed by atoms with Crippen LogP contribution in [0.1, 0.15) is 18.1 Å². The number of ether oxygens (including phenoxy) is 2. The molecule has 26 heavy (non-hydrogen) atoms. The van der Waals surface area contributed by atoms with Gasteiger partial charge in [-0.05, 0) is 61.9 Å². The Hall–Kier alpha value is -1.86. The highest BCUT2D eigenvalue weighted by molar-refractivity contribution is 7.99. The summed E-state index contributed by atoms with van der Waals surface area (Å²) in [6.07, 6.45) is -4.58. The lowest BCUT2D eigenvalue weighted by molar-refractivity contribution is -0.137. The van der Waals surface area contributed by atoms with Gasteiger partial charge in [-0.1, -0.05) is 0 Å². The number of rotatable bonds is 8. The monoisotopic (exact) mass is 385 g/mol. The molecule has 0 bridgehead atoms. The van der Waals surface area contributed by atoms with E-state index in [0.29, 0.717) is 23.7 Å². The smallest absolute Gasteiger partial charge is 0.416 e. The van der Waals surface area contributed by atoms with E-state index in [9.17, 15) is 18.3 Å². The molecule has 2 rings (SSSR count). The summed E-state index contributed by atoms with van der Waals surface area (Å²) in [7, 11) is 0. The third kappa shape index (κ3) is 6.14. The second-order valence-electron chi connectivity index (χ2n) is 5.65. The van der Waals surface area contributed by atoms with Crippen molar-refractivity contribution in [3.05, 3.63) is 53.6 Å². The molecule has 0 aliphatic heterocycles. The van der Waals surface area contributed by atoms with Gasteiger partial charge in [-0.15, -0.1) is 11.8 Å². The number of benzene rings is 2. The van der Waals surface area contributed by atoms with Gasteiger partial charge in [0.05, 0.1) is 5.56 Å². The molecule has 141 valence electrons. The van der Waals surface area contributed by atoms with Crippen molar-refractivity contribution in [2.75, 3.05) is 19.0 Å². The van der Waals surface area contributed by atoms with Crippen LogP contribution in [0.15, 0.2) is 47.4 Å². The van der Waals surface area contributed by atoms with E-state index in [1.54, 1.807) is 13.0 Å². The number of hydrogen-bond donors (Lipinski definition) is 0. The molecular formula is C19H20F3O3S. The molecule has 0 saturated carbocycles. The van der Waals surface area contributed by atoms with Crippen LogP contribution in [-0.4, -0.2) is 25.1 Å². The molecule has 2 aromatic carbocycles. The number of hydrogen-bond acceptors (Lipinski definition) is 3. The lowest BCUT2D eigenvalue weighted by atomic mass is 10.2. The number of alkyl halides is 3. The molecule has 0 aliphatic rings. The second-order valence-corrected chi connectivity index (χ2v) is 6.74. The highest BCUT2D eigenvalue weighted by Gasteiger charge is 2.30. The quantitative estimate of drug-likeness (QED) is 0.545. The molecule has 0 spiro atoms. The first-order valence-corrected chi connectivity index (χ1v) is 9.10. The molecule has 0 aliphatic carbocycles. The van der Waals surface area contributed by atoms with Crippen LogP contribution in [0, 0.1) is 6.92 Å². The summed E-state index contributed by atoms with van der Waals surface area (Å²) in [5.41, 5.74) is -0.0251. The van der Waals surface area contributed by atoms with Gasteiger partial charge in [0.15, 0.2) is 5.75 Å². The van der Waals surface area contributed by atoms with Crippen molar-refractivity contribution >= 4 is 11.8 Å². The summed E-state index contributed by atoms with van der Waals surface area (Å²) in [6.45, 7) is 4.36. The van der Waals surface area contributed by atoms with E-state index >= 15 is 0 Å². The summed E-state index contributed by atoms with van der Waals surface area (Å²) >= 11 is 1.54. The van der Waals surface area contributed by atoms with E-state index < -0.39 is 11.7 Å². The average molecular weight is 385 g/mol. The van der Waals surface area contributed by atoms with Crippen molar-refractivity contribution in [3.63, 3.8) is 0 Å². The predicted octanol–water partition coefficient (Wildman–Crippen LogP) is 5.73. The van der Waals surface area contributed by atoms with Crippen molar-refractivity contribution < 1.29 is 27.8 Å². The summed E-state index contributed by atoms with van der Waals surface area (Å²) in [4.78, 5) is 0.960. The Morgan fingerprint density at radius 3 is 2.38 bits per heavy atom. The number of aryl methyl sites for hydroxylation is 1. The molecule has 0 N–H and O–H groups in total. The molecule has 7 heteroatoms. The van der Waals surface area contributed by atoms with Crippen LogP contribution < -0.4 is 4.74 Å². The van der Waals surface area contributed by atoms with Gasteiger partial charge in [0.2, 0.25) is 0 Å². The van der Waals surface area contributed by atoms with Crippen LogP contribution in [0.4, 0.5) is 13.2 Å². The minimum absolute atomic E-state index is 0.00125.